The summed E-state index contributed by atoms with van der Waals surface area (Å²) in [6.45, 7) is 8.68. The van der Waals surface area contributed by atoms with Crippen LogP contribution in [0.4, 0.5) is 11.4 Å². The van der Waals surface area contributed by atoms with Crippen LogP contribution in [0, 0.1) is 6.92 Å². The van der Waals surface area contributed by atoms with E-state index >= 15 is 0 Å². The molecule has 1 aliphatic heterocycles. The number of anilines is 2. The Labute approximate surface area is 174 Å². The highest BCUT2D eigenvalue weighted by molar-refractivity contribution is 6.34. The van der Waals surface area contributed by atoms with Gasteiger partial charge in [-0.2, -0.15) is 5.10 Å². The summed E-state index contributed by atoms with van der Waals surface area (Å²) in [6, 6.07) is 7.58. The van der Waals surface area contributed by atoms with Crippen LogP contribution < -0.4 is 10.2 Å². The third-order valence-electron chi connectivity index (χ3n) is 5.06. The van der Waals surface area contributed by atoms with Gasteiger partial charge in [0.2, 0.25) is 0 Å². The zero-order valence-electron chi connectivity index (χ0n) is 16.8. The number of rotatable bonds is 4. The number of carbonyl (C=O) groups is 1. The van der Waals surface area contributed by atoms with Crippen LogP contribution in [0.15, 0.2) is 30.5 Å². The number of amides is 1. The summed E-state index contributed by atoms with van der Waals surface area (Å²) < 4.78 is 7.30. The van der Waals surface area contributed by atoms with Gasteiger partial charge in [-0.15, -0.1) is 0 Å². The Morgan fingerprint density at radius 3 is 2.76 bits per heavy atom. The number of nitrogens with one attached hydrogen (secondary N) is 1. The number of nitrogens with zero attached hydrogens (tertiary/aromatic N) is 4. The quantitative estimate of drug-likeness (QED) is 0.698. The standard InChI is InChI=1S/C21H24ClN5O2/c1-13(2)27-20-15(12-23-27)11-16(14(3)24-20)21(28)25-18-6-4-5-17(22)19(18)26-7-9-29-10-8-26/h4-6,11-13H,7-10H2,1-3H3,(H,25,28). The third-order valence-corrected chi connectivity index (χ3v) is 5.36. The molecule has 0 saturated carbocycles. The Hall–Kier alpha value is -2.64. The molecule has 0 radical (unpaired) electrons. The molecule has 152 valence electrons. The average Bonchev–Trinajstić information content (AvgIpc) is 3.11. The number of halogens is 1. The normalized spacial score (nSPS) is 14.6. The monoisotopic (exact) mass is 413 g/mol. The lowest BCUT2D eigenvalue weighted by Gasteiger charge is -2.31. The maximum absolute atomic E-state index is 13.1. The topological polar surface area (TPSA) is 72.3 Å². The number of aromatic nitrogens is 3. The summed E-state index contributed by atoms with van der Waals surface area (Å²) in [6.07, 6.45) is 1.75. The number of hydrogen-bond donors (Lipinski definition) is 1. The molecule has 7 nitrogen and oxygen atoms in total. The van der Waals surface area contributed by atoms with Crippen molar-refractivity contribution in [2.75, 3.05) is 36.5 Å². The molecular formula is C21H24ClN5O2. The highest BCUT2D eigenvalue weighted by Crippen LogP contribution is 2.35. The number of benzene rings is 1. The van der Waals surface area contributed by atoms with E-state index < -0.39 is 0 Å². The predicted octanol–water partition coefficient (Wildman–Crippen LogP) is 4.06. The summed E-state index contributed by atoms with van der Waals surface area (Å²) in [5, 5.41) is 8.87. The maximum Gasteiger partial charge on any atom is 0.257 e. The van der Waals surface area contributed by atoms with Crippen molar-refractivity contribution in [1.82, 2.24) is 14.8 Å². The summed E-state index contributed by atoms with van der Waals surface area (Å²) in [5.74, 6) is -0.217. The average molecular weight is 414 g/mol. The molecule has 0 aliphatic carbocycles. The van der Waals surface area contributed by atoms with Gasteiger partial charge in [-0.3, -0.25) is 4.79 Å². The van der Waals surface area contributed by atoms with Crippen LogP contribution in [-0.2, 0) is 4.74 Å². The van der Waals surface area contributed by atoms with Gasteiger partial charge >= 0.3 is 0 Å². The Balaban J connectivity index is 1.66. The van der Waals surface area contributed by atoms with E-state index in [0.29, 0.717) is 35.2 Å². The molecule has 8 heteroatoms. The van der Waals surface area contributed by atoms with Crippen LogP contribution in [0.25, 0.3) is 11.0 Å². The SMILES string of the molecule is Cc1nc2c(cnn2C(C)C)cc1C(=O)Nc1cccc(Cl)c1N1CCOCC1. The molecule has 1 aromatic carbocycles. The van der Waals surface area contributed by atoms with Crippen LogP contribution >= 0.6 is 11.6 Å². The van der Waals surface area contributed by atoms with Crippen LogP contribution in [0.1, 0.15) is 35.9 Å². The molecule has 3 aromatic rings. The van der Waals surface area contributed by atoms with Gasteiger partial charge in [0.05, 0.1) is 47.1 Å². The molecule has 0 spiro atoms. The summed E-state index contributed by atoms with van der Waals surface area (Å²) >= 11 is 6.48. The smallest absolute Gasteiger partial charge is 0.257 e. The van der Waals surface area contributed by atoms with Gasteiger partial charge in [-0.1, -0.05) is 17.7 Å². The summed E-state index contributed by atoms with van der Waals surface area (Å²) in [5.41, 5.74) is 3.47. The molecule has 1 aliphatic rings. The first-order chi connectivity index (χ1) is 14.0. The van der Waals surface area contributed by atoms with E-state index in [1.165, 1.54) is 0 Å². The fourth-order valence-corrected chi connectivity index (χ4v) is 3.88. The number of hydrogen-bond acceptors (Lipinski definition) is 5. The Bertz CT molecular complexity index is 1060. The van der Waals surface area contributed by atoms with Crippen molar-refractivity contribution >= 4 is 39.9 Å². The largest absolute Gasteiger partial charge is 0.378 e. The van der Waals surface area contributed by atoms with E-state index in [2.05, 4.69) is 34.1 Å². The summed E-state index contributed by atoms with van der Waals surface area (Å²) in [7, 11) is 0. The Morgan fingerprint density at radius 2 is 2.03 bits per heavy atom. The molecule has 0 atom stereocenters. The predicted molar refractivity (Wildman–Crippen MR) is 115 cm³/mol. The van der Waals surface area contributed by atoms with Crippen molar-refractivity contribution in [2.24, 2.45) is 0 Å². The minimum atomic E-state index is -0.217. The van der Waals surface area contributed by atoms with E-state index in [1.807, 2.05) is 35.9 Å². The molecule has 3 heterocycles. The maximum atomic E-state index is 13.1. The lowest BCUT2D eigenvalue weighted by atomic mass is 10.1. The molecule has 1 saturated heterocycles. The molecule has 1 fully saturated rings. The highest BCUT2D eigenvalue weighted by atomic mass is 35.5. The van der Waals surface area contributed by atoms with Crippen LogP contribution in [0.2, 0.25) is 5.02 Å². The Morgan fingerprint density at radius 1 is 1.28 bits per heavy atom. The second-order valence-corrected chi connectivity index (χ2v) is 7.81. The molecule has 4 rings (SSSR count). The first-order valence-electron chi connectivity index (χ1n) is 9.73. The van der Waals surface area contributed by atoms with Gasteiger partial charge in [-0.25, -0.2) is 9.67 Å². The minimum absolute atomic E-state index is 0.196. The Kier molecular flexibility index (Phi) is 5.43. The number of pyridine rings is 1. The van der Waals surface area contributed by atoms with Crippen molar-refractivity contribution < 1.29 is 9.53 Å². The highest BCUT2D eigenvalue weighted by Gasteiger charge is 2.21. The molecule has 1 N–H and O–H groups in total. The second-order valence-electron chi connectivity index (χ2n) is 7.41. The minimum Gasteiger partial charge on any atom is -0.378 e. The fraction of sp³-hybridized carbons (Fsp3) is 0.381. The first kappa shape index (κ1) is 19.7. The molecule has 1 amide bonds. The zero-order chi connectivity index (χ0) is 20.5. The van der Waals surface area contributed by atoms with Crippen molar-refractivity contribution in [2.45, 2.75) is 26.8 Å². The van der Waals surface area contributed by atoms with Gasteiger partial charge in [-0.05, 0) is 39.0 Å². The lowest BCUT2D eigenvalue weighted by molar-refractivity contribution is 0.102. The van der Waals surface area contributed by atoms with E-state index in [-0.39, 0.29) is 11.9 Å². The molecule has 0 bridgehead atoms. The number of carbonyl (C=O) groups excluding carboxylic acids is 1. The molecule has 0 unspecified atom stereocenters. The number of morpholine rings is 1. The number of fused-ring (bicyclic) bond motifs is 1. The van der Waals surface area contributed by atoms with E-state index in [4.69, 9.17) is 16.3 Å². The van der Waals surface area contributed by atoms with Gasteiger partial charge in [0.1, 0.15) is 0 Å². The van der Waals surface area contributed by atoms with Crippen LogP contribution in [0.3, 0.4) is 0 Å². The fourth-order valence-electron chi connectivity index (χ4n) is 3.59. The zero-order valence-corrected chi connectivity index (χ0v) is 17.5. The van der Waals surface area contributed by atoms with Crippen molar-refractivity contribution in [3.63, 3.8) is 0 Å². The summed E-state index contributed by atoms with van der Waals surface area (Å²) in [4.78, 5) is 19.9. The first-order valence-corrected chi connectivity index (χ1v) is 10.1. The van der Waals surface area contributed by atoms with Gasteiger partial charge < -0.3 is 15.0 Å². The number of aryl methyl sites for hydroxylation is 1. The second kappa shape index (κ2) is 8.00. The molecule has 2 aromatic heterocycles. The van der Waals surface area contributed by atoms with Gasteiger partial charge in [0.15, 0.2) is 5.65 Å². The van der Waals surface area contributed by atoms with Crippen LogP contribution in [-0.4, -0.2) is 47.0 Å². The van der Waals surface area contributed by atoms with Crippen molar-refractivity contribution in [1.29, 1.82) is 0 Å². The van der Waals surface area contributed by atoms with E-state index in [0.717, 1.165) is 29.8 Å². The third kappa shape index (κ3) is 3.80. The van der Waals surface area contributed by atoms with Gasteiger partial charge in [0, 0.05) is 24.5 Å². The van der Waals surface area contributed by atoms with Crippen molar-refractivity contribution in [3.05, 3.63) is 46.7 Å². The number of para-hydroxylation sites is 1. The van der Waals surface area contributed by atoms with E-state index in [9.17, 15) is 4.79 Å². The molecular weight excluding hydrogens is 390 g/mol. The van der Waals surface area contributed by atoms with Gasteiger partial charge in [0.25, 0.3) is 5.91 Å². The van der Waals surface area contributed by atoms with Crippen molar-refractivity contribution in [3.8, 4) is 0 Å². The molecule has 29 heavy (non-hydrogen) atoms. The van der Waals surface area contributed by atoms with Crippen LogP contribution in [0.5, 0.6) is 0 Å². The van der Waals surface area contributed by atoms with E-state index in [1.54, 1.807) is 6.20 Å². The number of ether oxygens (including phenoxy) is 1. The lowest BCUT2D eigenvalue weighted by Crippen LogP contribution is -2.37.